The minimum Gasteiger partial charge on any atom is -0.376 e. The summed E-state index contributed by atoms with van der Waals surface area (Å²) in [5, 5.41) is 11.5. The fraction of sp³-hybridized carbons (Fsp3) is 0.800. The summed E-state index contributed by atoms with van der Waals surface area (Å²) in [7, 11) is 0. The van der Waals surface area contributed by atoms with Crippen LogP contribution in [0.25, 0.3) is 0 Å². The molecule has 1 aliphatic rings. The Labute approximate surface area is 121 Å². The van der Waals surface area contributed by atoms with Crippen LogP contribution >= 0.6 is 0 Å². The minimum atomic E-state index is 0.457. The molecular formula is C15H26N4O. The van der Waals surface area contributed by atoms with Crippen molar-refractivity contribution in [3.05, 3.63) is 11.4 Å². The fourth-order valence-corrected chi connectivity index (χ4v) is 2.63. The number of nitrogens with zero attached hydrogens (tertiary/aromatic N) is 3. The van der Waals surface area contributed by atoms with E-state index >= 15 is 0 Å². The largest absolute Gasteiger partial charge is 0.376 e. The lowest BCUT2D eigenvalue weighted by molar-refractivity contribution is 0.0347. The first-order chi connectivity index (χ1) is 9.83. The van der Waals surface area contributed by atoms with Crippen LogP contribution in [0.3, 0.4) is 0 Å². The molecule has 0 spiro atoms. The predicted molar refractivity (Wildman–Crippen MR) is 79.9 cm³/mol. The van der Waals surface area contributed by atoms with Crippen molar-refractivity contribution in [3.63, 3.8) is 0 Å². The van der Waals surface area contributed by atoms with E-state index in [1.54, 1.807) is 0 Å². The molecule has 20 heavy (non-hydrogen) atoms. The Morgan fingerprint density at radius 2 is 1.80 bits per heavy atom. The maximum absolute atomic E-state index is 5.87. The summed E-state index contributed by atoms with van der Waals surface area (Å²) < 4.78 is 5.87. The van der Waals surface area contributed by atoms with Crippen LogP contribution in [0.4, 0.5) is 5.95 Å². The van der Waals surface area contributed by atoms with Crippen molar-refractivity contribution in [2.45, 2.75) is 64.9 Å². The fourth-order valence-electron chi connectivity index (χ4n) is 2.63. The maximum atomic E-state index is 5.87. The summed E-state index contributed by atoms with van der Waals surface area (Å²) in [6.45, 7) is 5.63. The summed E-state index contributed by atoms with van der Waals surface area (Å²) in [4.78, 5) is 4.51. The van der Waals surface area contributed by atoms with Gasteiger partial charge in [-0.1, -0.05) is 33.1 Å². The lowest BCUT2D eigenvalue weighted by atomic mass is 9.98. The van der Waals surface area contributed by atoms with Crippen LogP contribution in [0.5, 0.6) is 0 Å². The number of anilines is 1. The van der Waals surface area contributed by atoms with Crippen LogP contribution in [0, 0.1) is 0 Å². The lowest BCUT2D eigenvalue weighted by Crippen LogP contribution is -2.21. The van der Waals surface area contributed by atoms with Gasteiger partial charge in [-0.15, -0.1) is 5.10 Å². The van der Waals surface area contributed by atoms with Gasteiger partial charge in [0, 0.05) is 6.54 Å². The smallest absolute Gasteiger partial charge is 0.243 e. The molecule has 2 rings (SSSR count). The Morgan fingerprint density at radius 1 is 1.05 bits per heavy atom. The van der Waals surface area contributed by atoms with Gasteiger partial charge in [0.1, 0.15) is 0 Å². The van der Waals surface area contributed by atoms with E-state index in [0.29, 0.717) is 18.7 Å². The zero-order chi connectivity index (χ0) is 14.2. The third-order valence-corrected chi connectivity index (χ3v) is 3.80. The Bertz CT molecular complexity index is 405. The highest BCUT2D eigenvalue weighted by atomic mass is 16.5. The number of aromatic nitrogens is 3. The van der Waals surface area contributed by atoms with Crippen molar-refractivity contribution < 1.29 is 4.74 Å². The second kappa shape index (κ2) is 8.15. The molecule has 0 aromatic carbocycles. The van der Waals surface area contributed by atoms with E-state index in [1.807, 2.05) is 0 Å². The van der Waals surface area contributed by atoms with Crippen molar-refractivity contribution in [2.75, 3.05) is 18.5 Å². The zero-order valence-corrected chi connectivity index (χ0v) is 12.7. The monoisotopic (exact) mass is 278 g/mol. The third kappa shape index (κ3) is 4.40. The highest BCUT2D eigenvalue weighted by Crippen LogP contribution is 2.19. The van der Waals surface area contributed by atoms with E-state index in [0.717, 1.165) is 30.8 Å². The SMILES string of the molecule is CCc1nnc(NCCOC2CCCCC2)nc1CC. The van der Waals surface area contributed by atoms with Gasteiger partial charge in [0.05, 0.1) is 24.1 Å². The van der Waals surface area contributed by atoms with E-state index in [4.69, 9.17) is 4.74 Å². The molecule has 0 atom stereocenters. The number of hydrogen-bond acceptors (Lipinski definition) is 5. The third-order valence-electron chi connectivity index (χ3n) is 3.80. The summed E-state index contributed by atoms with van der Waals surface area (Å²) in [6.07, 6.45) is 8.64. The van der Waals surface area contributed by atoms with Crippen molar-refractivity contribution in [1.29, 1.82) is 0 Å². The van der Waals surface area contributed by atoms with E-state index in [1.165, 1.54) is 32.1 Å². The molecule has 5 heteroatoms. The van der Waals surface area contributed by atoms with E-state index in [-0.39, 0.29) is 0 Å². The van der Waals surface area contributed by atoms with Gasteiger partial charge in [0.2, 0.25) is 5.95 Å². The topological polar surface area (TPSA) is 59.9 Å². The van der Waals surface area contributed by atoms with Gasteiger partial charge in [-0.25, -0.2) is 4.98 Å². The average molecular weight is 278 g/mol. The van der Waals surface area contributed by atoms with Gasteiger partial charge >= 0.3 is 0 Å². The molecule has 1 aliphatic carbocycles. The van der Waals surface area contributed by atoms with Crippen molar-refractivity contribution in [3.8, 4) is 0 Å². The molecule has 1 fully saturated rings. The van der Waals surface area contributed by atoms with Crippen LogP contribution in [-0.4, -0.2) is 34.4 Å². The van der Waals surface area contributed by atoms with Crippen molar-refractivity contribution in [1.82, 2.24) is 15.2 Å². The van der Waals surface area contributed by atoms with Gasteiger partial charge in [-0.3, -0.25) is 0 Å². The van der Waals surface area contributed by atoms with Crippen molar-refractivity contribution in [2.24, 2.45) is 0 Å². The first-order valence-corrected chi connectivity index (χ1v) is 7.91. The molecule has 1 N–H and O–H groups in total. The molecule has 0 amide bonds. The van der Waals surface area contributed by atoms with Gasteiger partial charge in [0.25, 0.3) is 0 Å². The Hall–Kier alpha value is -1.23. The lowest BCUT2D eigenvalue weighted by Gasteiger charge is -2.21. The van der Waals surface area contributed by atoms with Crippen LogP contribution in [0.1, 0.15) is 57.3 Å². The molecule has 0 aliphatic heterocycles. The number of aryl methyl sites for hydroxylation is 2. The molecule has 1 saturated carbocycles. The highest BCUT2D eigenvalue weighted by Gasteiger charge is 2.13. The van der Waals surface area contributed by atoms with Gasteiger partial charge in [-0.05, 0) is 25.7 Å². The Balaban J connectivity index is 1.73. The molecule has 0 unspecified atom stereocenters. The molecule has 1 aromatic heterocycles. The van der Waals surface area contributed by atoms with Crippen LogP contribution in [0.2, 0.25) is 0 Å². The summed E-state index contributed by atoms with van der Waals surface area (Å²) >= 11 is 0. The van der Waals surface area contributed by atoms with Crippen LogP contribution in [0.15, 0.2) is 0 Å². The molecule has 0 radical (unpaired) electrons. The average Bonchev–Trinajstić information content (AvgIpc) is 2.52. The van der Waals surface area contributed by atoms with Gasteiger partial charge < -0.3 is 10.1 Å². The molecule has 112 valence electrons. The highest BCUT2D eigenvalue weighted by molar-refractivity contribution is 5.25. The predicted octanol–water partition coefficient (Wildman–Crippen LogP) is 2.76. The normalized spacial score (nSPS) is 16.3. The van der Waals surface area contributed by atoms with E-state index < -0.39 is 0 Å². The molecule has 0 saturated heterocycles. The second-order valence-corrected chi connectivity index (χ2v) is 5.29. The van der Waals surface area contributed by atoms with E-state index in [9.17, 15) is 0 Å². The quantitative estimate of drug-likeness (QED) is 0.777. The summed E-state index contributed by atoms with van der Waals surface area (Å²) in [5.74, 6) is 0.617. The Morgan fingerprint density at radius 3 is 2.50 bits per heavy atom. The molecular weight excluding hydrogens is 252 g/mol. The summed E-state index contributed by atoms with van der Waals surface area (Å²) in [5.41, 5.74) is 2.04. The molecule has 5 nitrogen and oxygen atoms in total. The first kappa shape index (κ1) is 15.2. The molecule has 0 bridgehead atoms. The minimum absolute atomic E-state index is 0.457. The number of rotatable bonds is 7. The van der Waals surface area contributed by atoms with Gasteiger partial charge in [-0.2, -0.15) is 5.10 Å². The Kier molecular flexibility index (Phi) is 6.18. The molecule has 1 heterocycles. The number of hydrogen-bond donors (Lipinski definition) is 1. The summed E-state index contributed by atoms with van der Waals surface area (Å²) in [6, 6.07) is 0. The van der Waals surface area contributed by atoms with Crippen LogP contribution < -0.4 is 5.32 Å². The van der Waals surface area contributed by atoms with Gasteiger partial charge in [0.15, 0.2) is 0 Å². The van der Waals surface area contributed by atoms with E-state index in [2.05, 4.69) is 34.3 Å². The number of ether oxygens (including phenoxy) is 1. The molecule has 1 aromatic rings. The number of nitrogens with one attached hydrogen (secondary N) is 1. The standard InChI is InChI=1S/C15H26N4O/c1-3-13-14(4-2)18-19-15(17-13)16-10-11-20-12-8-6-5-7-9-12/h12H,3-11H2,1-2H3,(H,16,17,19). The second-order valence-electron chi connectivity index (χ2n) is 5.29. The van der Waals surface area contributed by atoms with Crippen molar-refractivity contribution >= 4 is 5.95 Å². The first-order valence-electron chi connectivity index (χ1n) is 7.91. The maximum Gasteiger partial charge on any atom is 0.243 e. The zero-order valence-electron chi connectivity index (χ0n) is 12.7. The van der Waals surface area contributed by atoms with Crippen LogP contribution in [-0.2, 0) is 17.6 Å².